The second-order valence-electron chi connectivity index (χ2n) is 8.87. The number of aromatic hydroxyl groups is 1. The number of morpholine rings is 1. The lowest BCUT2D eigenvalue weighted by atomic mass is 10.2. The molecule has 11 heteroatoms. The van der Waals surface area contributed by atoms with E-state index in [-0.39, 0.29) is 36.6 Å². The van der Waals surface area contributed by atoms with Gasteiger partial charge in [-0.15, -0.1) is 0 Å². The van der Waals surface area contributed by atoms with Crippen LogP contribution in [0.5, 0.6) is 5.88 Å². The average molecular weight is 460 g/mol. The summed E-state index contributed by atoms with van der Waals surface area (Å²) < 4.78 is 7.87. The predicted molar refractivity (Wildman–Crippen MR) is 119 cm³/mol. The molecule has 11 nitrogen and oxygen atoms in total. The fourth-order valence-corrected chi connectivity index (χ4v) is 3.90. The molecule has 1 aliphatic carbocycles. The summed E-state index contributed by atoms with van der Waals surface area (Å²) in [6.45, 7) is 5.03. The van der Waals surface area contributed by atoms with Gasteiger partial charge in [0.1, 0.15) is 5.65 Å². The number of amides is 2. The van der Waals surface area contributed by atoms with Crippen LogP contribution in [0.2, 0.25) is 0 Å². The van der Waals surface area contributed by atoms with Crippen LogP contribution < -0.4 is 10.9 Å². The topological polar surface area (TPSA) is 138 Å². The first kappa shape index (κ1) is 23.0. The van der Waals surface area contributed by atoms with E-state index in [1.807, 2.05) is 13.8 Å². The lowest BCUT2D eigenvalue weighted by Gasteiger charge is -2.33. The Kier molecular flexibility index (Phi) is 6.52. The fraction of sp³-hybridized carbons (Fsp3) is 0.545. The number of aliphatic hydroxyl groups excluding tert-OH is 1. The van der Waals surface area contributed by atoms with Crippen molar-refractivity contribution < 1.29 is 24.5 Å². The zero-order valence-electron chi connectivity index (χ0n) is 18.7. The molecule has 33 heavy (non-hydrogen) atoms. The van der Waals surface area contributed by atoms with Gasteiger partial charge in [-0.1, -0.05) is 13.8 Å². The third-order valence-electron chi connectivity index (χ3n) is 5.73. The molecule has 1 atom stereocenters. The predicted octanol–water partition coefficient (Wildman–Crippen LogP) is -0.0173. The quantitative estimate of drug-likeness (QED) is 0.495. The Morgan fingerprint density at radius 1 is 1.36 bits per heavy atom. The molecular weight excluding hydrogens is 430 g/mol. The molecular formula is C22H29N5O6. The van der Waals surface area contributed by atoms with Crippen molar-refractivity contribution in [3.63, 3.8) is 0 Å². The molecule has 2 amide bonds. The summed E-state index contributed by atoms with van der Waals surface area (Å²) in [6, 6.07) is -0.397. The summed E-state index contributed by atoms with van der Waals surface area (Å²) in [6.07, 6.45) is 5.98. The summed E-state index contributed by atoms with van der Waals surface area (Å²) >= 11 is 0. The number of aliphatic hydroxyl groups is 1. The minimum absolute atomic E-state index is 0.0237. The van der Waals surface area contributed by atoms with Crippen molar-refractivity contribution in [1.82, 2.24) is 24.4 Å². The summed E-state index contributed by atoms with van der Waals surface area (Å²) in [4.78, 5) is 39.9. The molecule has 0 spiro atoms. The van der Waals surface area contributed by atoms with Gasteiger partial charge in [-0.05, 0) is 24.8 Å². The number of rotatable bonds is 7. The van der Waals surface area contributed by atoms with Gasteiger partial charge in [-0.25, -0.2) is 0 Å². The fourth-order valence-electron chi connectivity index (χ4n) is 3.90. The van der Waals surface area contributed by atoms with Crippen LogP contribution in [0, 0.1) is 5.92 Å². The van der Waals surface area contributed by atoms with Crippen LogP contribution in [0.4, 0.5) is 0 Å². The van der Waals surface area contributed by atoms with Crippen LogP contribution >= 0.6 is 0 Å². The van der Waals surface area contributed by atoms with E-state index in [2.05, 4.69) is 10.4 Å². The number of nitrogens with one attached hydrogen (secondary N) is 1. The Labute approximate surface area is 190 Å². The number of fused-ring (bicyclic) bond motifs is 1. The SMILES string of the molecule is CC(C)Cn1c(O)c(C(=O)NC2CC2)c(=O)n2ncc(C=CC(=O)N3CCOCC3CO)c12. The van der Waals surface area contributed by atoms with E-state index in [1.54, 1.807) is 0 Å². The van der Waals surface area contributed by atoms with E-state index in [4.69, 9.17) is 4.74 Å². The van der Waals surface area contributed by atoms with Gasteiger partial charge in [0.25, 0.3) is 11.5 Å². The summed E-state index contributed by atoms with van der Waals surface area (Å²) in [7, 11) is 0. The number of hydrogen-bond acceptors (Lipinski definition) is 7. The highest BCUT2D eigenvalue weighted by molar-refractivity contribution is 5.97. The number of nitrogens with zero attached hydrogens (tertiary/aromatic N) is 4. The first-order valence-electron chi connectivity index (χ1n) is 11.1. The second kappa shape index (κ2) is 9.36. The molecule has 0 radical (unpaired) electrons. The van der Waals surface area contributed by atoms with Crippen molar-refractivity contribution in [3.8, 4) is 5.88 Å². The van der Waals surface area contributed by atoms with Gasteiger partial charge in [0.2, 0.25) is 11.8 Å². The molecule has 1 unspecified atom stereocenters. The number of ether oxygens (including phenoxy) is 1. The number of hydrogen-bond donors (Lipinski definition) is 3. The van der Waals surface area contributed by atoms with Crippen LogP contribution in [-0.2, 0) is 16.1 Å². The summed E-state index contributed by atoms with van der Waals surface area (Å²) in [5.41, 5.74) is -0.331. The van der Waals surface area contributed by atoms with Crippen LogP contribution in [0.15, 0.2) is 17.1 Å². The molecule has 3 heterocycles. The first-order valence-corrected chi connectivity index (χ1v) is 11.1. The maximum atomic E-state index is 13.0. The second-order valence-corrected chi connectivity index (χ2v) is 8.87. The van der Waals surface area contributed by atoms with Gasteiger partial charge in [0.15, 0.2) is 5.56 Å². The number of carbonyl (C=O) groups excluding carboxylic acids is 2. The Bertz CT molecular complexity index is 1150. The maximum Gasteiger partial charge on any atom is 0.291 e. The normalized spacial score (nSPS) is 19.0. The first-order chi connectivity index (χ1) is 15.8. The molecule has 178 valence electrons. The highest BCUT2D eigenvalue weighted by Gasteiger charge is 2.30. The Hall–Kier alpha value is -3.18. The third kappa shape index (κ3) is 4.64. The number of carbonyl (C=O) groups is 2. The molecule has 2 aliphatic rings. The average Bonchev–Trinajstić information content (AvgIpc) is 3.50. The van der Waals surface area contributed by atoms with Crippen molar-refractivity contribution in [2.24, 2.45) is 5.92 Å². The molecule has 4 rings (SSSR count). The van der Waals surface area contributed by atoms with Crippen molar-refractivity contribution in [2.75, 3.05) is 26.4 Å². The zero-order chi connectivity index (χ0) is 23.7. The maximum absolute atomic E-state index is 13.0. The Morgan fingerprint density at radius 3 is 2.79 bits per heavy atom. The van der Waals surface area contributed by atoms with Gasteiger partial charge >= 0.3 is 0 Å². The smallest absolute Gasteiger partial charge is 0.291 e. The van der Waals surface area contributed by atoms with Crippen molar-refractivity contribution in [1.29, 1.82) is 0 Å². The van der Waals surface area contributed by atoms with Crippen LogP contribution in [0.25, 0.3) is 11.7 Å². The highest BCUT2D eigenvalue weighted by Crippen LogP contribution is 2.24. The summed E-state index contributed by atoms with van der Waals surface area (Å²) in [5.74, 6) is -1.26. The van der Waals surface area contributed by atoms with E-state index >= 15 is 0 Å². The van der Waals surface area contributed by atoms with E-state index in [1.165, 1.54) is 27.8 Å². The molecule has 1 saturated carbocycles. The van der Waals surface area contributed by atoms with Crippen LogP contribution in [0.3, 0.4) is 0 Å². The monoisotopic (exact) mass is 459 g/mol. The molecule has 1 saturated heterocycles. The van der Waals surface area contributed by atoms with Gasteiger partial charge in [0.05, 0.1) is 32.1 Å². The molecule has 3 N–H and O–H groups in total. The van der Waals surface area contributed by atoms with Crippen LogP contribution in [0.1, 0.15) is 42.6 Å². The Morgan fingerprint density at radius 2 is 2.12 bits per heavy atom. The highest BCUT2D eigenvalue weighted by atomic mass is 16.5. The third-order valence-corrected chi connectivity index (χ3v) is 5.73. The minimum atomic E-state index is -0.722. The molecule has 2 aromatic heterocycles. The van der Waals surface area contributed by atoms with Crippen molar-refractivity contribution >= 4 is 23.5 Å². The van der Waals surface area contributed by atoms with E-state index in [9.17, 15) is 24.6 Å². The molecule has 1 aliphatic heterocycles. The minimum Gasteiger partial charge on any atom is -0.494 e. The lowest BCUT2D eigenvalue weighted by molar-refractivity contribution is -0.136. The van der Waals surface area contributed by atoms with Crippen molar-refractivity contribution in [2.45, 2.75) is 45.3 Å². The van der Waals surface area contributed by atoms with E-state index in [0.29, 0.717) is 30.9 Å². The zero-order valence-corrected chi connectivity index (χ0v) is 18.7. The van der Waals surface area contributed by atoms with Crippen molar-refractivity contribution in [3.05, 3.63) is 33.8 Å². The number of aromatic nitrogens is 3. The molecule has 0 aromatic carbocycles. The van der Waals surface area contributed by atoms with Crippen LogP contribution in [-0.4, -0.2) is 79.6 Å². The van der Waals surface area contributed by atoms with Gasteiger partial charge < -0.3 is 25.2 Å². The van der Waals surface area contributed by atoms with Gasteiger partial charge in [0, 0.05) is 30.8 Å². The van der Waals surface area contributed by atoms with Gasteiger partial charge in [-0.3, -0.25) is 19.0 Å². The van der Waals surface area contributed by atoms with Gasteiger partial charge in [-0.2, -0.15) is 9.61 Å². The standard InChI is InChI=1S/C22H29N5O6/c1-13(2)10-26-20-14(3-6-17(29)25-7-8-33-12-16(25)11-28)9-23-27(20)22(32)18(21(26)31)19(30)24-15-4-5-15/h3,6,9,13,15-16,28,31H,4-5,7-8,10-12H2,1-2H3,(H,24,30). The summed E-state index contributed by atoms with van der Waals surface area (Å²) in [5, 5.41) is 27.3. The molecule has 2 fully saturated rings. The molecule has 0 bridgehead atoms. The van der Waals surface area contributed by atoms with E-state index in [0.717, 1.165) is 17.4 Å². The largest absolute Gasteiger partial charge is 0.494 e. The molecule has 2 aromatic rings. The van der Waals surface area contributed by atoms with E-state index < -0.39 is 23.4 Å². The Balaban J connectivity index is 1.74. The lowest BCUT2D eigenvalue weighted by Crippen LogP contribution is -2.49.